The number of nitrogens with one attached hydrogen (secondary N) is 1. The molecule has 8 heteroatoms. The number of hydrogen-bond donors (Lipinski definition) is 2. The minimum absolute atomic E-state index is 0.0170. The maximum Gasteiger partial charge on any atom is 0.341 e. The average Bonchev–Trinajstić information content (AvgIpc) is 3.32. The summed E-state index contributed by atoms with van der Waals surface area (Å²) in [6.07, 6.45) is 4.49. The molecule has 4 aromatic rings. The van der Waals surface area contributed by atoms with Gasteiger partial charge in [0.05, 0.1) is 6.20 Å². The van der Waals surface area contributed by atoms with Crippen LogP contribution >= 0.6 is 0 Å². The van der Waals surface area contributed by atoms with Gasteiger partial charge in [-0.15, -0.1) is 0 Å². The molecule has 1 aliphatic heterocycles. The number of benzene rings is 2. The zero-order valence-corrected chi connectivity index (χ0v) is 19.7. The third kappa shape index (κ3) is 4.35. The van der Waals surface area contributed by atoms with E-state index in [-0.39, 0.29) is 17.1 Å². The monoisotopic (exact) mass is 469 g/mol. The predicted octanol–water partition coefficient (Wildman–Crippen LogP) is 4.81. The number of carboxylic acids is 1. The first-order valence-electron chi connectivity index (χ1n) is 11.7. The number of amides is 1. The van der Waals surface area contributed by atoms with Crippen LogP contribution in [0.5, 0.6) is 0 Å². The van der Waals surface area contributed by atoms with Crippen LogP contribution in [-0.2, 0) is 0 Å². The molecule has 5 rings (SSSR count). The number of aromatic nitrogens is 3. The molecule has 8 nitrogen and oxygen atoms in total. The number of anilines is 2. The Morgan fingerprint density at radius 2 is 1.74 bits per heavy atom. The third-order valence-electron chi connectivity index (χ3n) is 6.69. The van der Waals surface area contributed by atoms with Crippen molar-refractivity contribution in [3.63, 3.8) is 0 Å². The standard InChI is InChI=1S/C27H27N5O3/c1-17-8-9-18(2)23(14-17)30-25-21(15-28-24-22(27(34)35)16-29-32(24)25)26(33)31-12-10-20(11-13-31)19-6-4-3-5-7-19/h3-9,14-16,20,30H,10-13H2,1-2H3,(H,34,35). The van der Waals surface area contributed by atoms with Crippen LogP contribution in [0.3, 0.4) is 0 Å². The van der Waals surface area contributed by atoms with E-state index in [0.717, 1.165) is 29.7 Å². The molecule has 2 aromatic carbocycles. The van der Waals surface area contributed by atoms with Crippen molar-refractivity contribution in [1.29, 1.82) is 0 Å². The number of carbonyl (C=O) groups excluding carboxylic acids is 1. The van der Waals surface area contributed by atoms with Gasteiger partial charge >= 0.3 is 5.97 Å². The predicted molar refractivity (Wildman–Crippen MR) is 133 cm³/mol. The lowest BCUT2D eigenvalue weighted by Crippen LogP contribution is -2.38. The fraction of sp³-hybridized carbons (Fsp3) is 0.259. The van der Waals surface area contributed by atoms with Crippen molar-refractivity contribution < 1.29 is 14.7 Å². The van der Waals surface area contributed by atoms with Gasteiger partial charge in [-0.05, 0) is 55.4 Å². The highest BCUT2D eigenvalue weighted by Gasteiger charge is 2.28. The van der Waals surface area contributed by atoms with E-state index < -0.39 is 5.97 Å². The summed E-state index contributed by atoms with van der Waals surface area (Å²) >= 11 is 0. The summed E-state index contributed by atoms with van der Waals surface area (Å²) in [6.45, 7) is 5.24. The van der Waals surface area contributed by atoms with Crippen LogP contribution in [0.15, 0.2) is 60.9 Å². The van der Waals surface area contributed by atoms with Gasteiger partial charge in [-0.25, -0.2) is 9.78 Å². The highest BCUT2D eigenvalue weighted by Crippen LogP contribution is 2.31. The molecule has 0 spiro atoms. The first kappa shape index (κ1) is 22.6. The Morgan fingerprint density at radius 3 is 2.46 bits per heavy atom. The van der Waals surface area contributed by atoms with Crippen molar-refractivity contribution >= 4 is 29.0 Å². The normalized spacial score (nSPS) is 14.3. The quantitative estimate of drug-likeness (QED) is 0.435. The highest BCUT2D eigenvalue weighted by molar-refractivity contribution is 6.01. The zero-order chi connectivity index (χ0) is 24.5. The fourth-order valence-corrected chi connectivity index (χ4v) is 4.67. The van der Waals surface area contributed by atoms with Gasteiger partial charge in [0.15, 0.2) is 5.65 Å². The molecule has 2 aromatic heterocycles. The molecule has 1 saturated heterocycles. The van der Waals surface area contributed by atoms with Crippen molar-refractivity contribution in [2.75, 3.05) is 18.4 Å². The SMILES string of the molecule is Cc1ccc(C)c(Nc2c(C(=O)N3CCC(c4ccccc4)CC3)cnc3c(C(=O)O)cnn23)c1. The number of likely N-dealkylation sites (tertiary alicyclic amines) is 1. The lowest BCUT2D eigenvalue weighted by Gasteiger charge is -2.32. The number of fused-ring (bicyclic) bond motifs is 1. The molecular weight excluding hydrogens is 442 g/mol. The van der Waals surface area contributed by atoms with Gasteiger partial charge in [-0.3, -0.25) is 4.79 Å². The van der Waals surface area contributed by atoms with Crippen molar-refractivity contribution in [3.05, 3.63) is 88.7 Å². The average molecular weight is 470 g/mol. The summed E-state index contributed by atoms with van der Waals surface area (Å²) in [4.78, 5) is 31.5. The van der Waals surface area contributed by atoms with E-state index in [2.05, 4.69) is 39.7 Å². The van der Waals surface area contributed by atoms with E-state index in [1.54, 1.807) is 0 Å². The van der Waals surface area contributed by atoms with Gasteiger partial charge in [0, 0.05) is 25.0 Å². The summed E-state index contributed by atoms with van der Waals surface area (Å²) in [5.41, 5.74) is 4.71. The van der Waals surface area contributed by atoms with Crippen molar-refractivity contribution in [1.82, 2.24) is 19.5 Å². The van der Waals surface area contributed by atoms with E-state index in [1.165, 1.54) is 22.5 Å². The van der Waals surface area contributed by atoms with Gasteiger partial charge in [0.25, 0.3) is 5.91 Å². The van der Waals surface area contributed by atoms with Crippen LogP contribution in [0.4, 0.5) is 11.5 Å². The minimum Gasteiger partial charge on any atom is -0.477 e. The Bertz CT molecular complexity index is 1410. The lowest BCUT2D eigenvalue weighted by atomic mass is 9.89. The molecule has 35 heavy (non-hydrogen) atoms. The van der Waals surface area contributed by atoms with E-state index >= 15 is 0 Å². The van der Waals surface area contributed by atoms with E-state index in [9.17, 15) is 14.7 Å². The number of aromatic carboxylic acids is 1. The molecule has 2 N–H and O–H groups in total. The van der Waals surface area contributed by atoms with Crippen molar-refractivity contribution in [2.45, 2.75) is 32.6 Å². The summed E-state index contributed by atoms with van der Waals surface area (Å²) < 4.78 is 1.41. The topological polar surface area (TPSA) is 99.8 Å². The smallest absolute Gasteiger partial charge is 0.341 e. The van der Waals surface area contributed by atoms with Gasteiger partial charge < -0.3 is 15.3 Å². The second-order valence-corrected chi connectivity index (χ2v) is 9.04. The molecule has 1 aliphatic rings. The maximum absolute atomic E-state index is 13.7. The van der Waals surface area contributed by atoms with Crippen LogP contribution in [0, 0.1) is 13.8 Å². The Balaban J connectivity index is 1.49. The first-order chi connectivity index (χ1) is 16.9. The van der Waals surface area contributed by atoms with Gasteiger partial charge in [-0.1, -0.05) is 42.5 Å². The van der Waals surface area contributed by atoms with E-state index in [4.69, 9.17) is 0 Å². The second-order valence-electron chi connectivity index (χ2n) is 9.04. The Morgan fingerprint density at radius 1 is 1.00 bits per heavy atom. The molecule has 1 fully saturated rings. The summed E-state index contributed by atoms with van der Waals surface area (Å²) in [6, 6.07) is 16.4. The number of piperidine rings is 1. The Labute approximate surface area is 203 Å². The second kappa shape index (κ2) is 9.21. The fourth-order valence-electron chi connectivity index (χ4n) is 4.67. The largest absolute Gasteiger partial charge is 0.477 e. The number of nitrogens with zero attached hydrogens (tertiary/aromatic N) is 4. The summed E-state index contributed by atoms with van der Waals surface area (Å²) in [5, 5.41) is 17.2. The molecule has 0 bridgehead atoms. The first-order valence-corrected chi connectivity index (χ1v) is 11.7. The molecule has 3 heterocycles. The van der Waals surface area contributed by atoms with Gasteiger partial charge in [0.1, 0.15) is 16.9 Å². The maximum atomic E-state index is 13.7. The Kier molecular flexibility index (Phi) is 5.94. The number of aryl methyl sites for hydroxylation is 2. The number of carbonyl (C=O) groups is 2. The van der Waals surface area contributed by atoms with Crippen molar-refractivity contribution in [2.24, 2.45) is 0 Å². The molecule has 0 saturated carbocycles. The molecule has 1 amide bonds. The molecule has 0 atom stereocenters. The number of carboxylic acid groups (broad SMARTS) is 1. The van der Waals surface area contributed by atoms with Gasteiger partial charge in [-0.2, -0.15) is 9.61 Å². The van der Waals surface area contributed by atoms with E-state index in [0.29, 0.717) is 30.4 Å². The molecule has 178 valence electrons. The van der Waals surface area contributed by atoms with Crippen LogP contribution in [-0.4, -0.2) is 49.6 Å². The van der Waals surface area contributed by atoms with Crippen molar-refractivity contribution in [3.8, 4) is 0 Å². The van der Waals surface area contributed by atoms with E-state index in [1.807, 2.05) is 43.0 Å². The lowest BCUT2D eigenvalue weighted by molar-refractivity contribution is 0.0695. The zero-order valence-electron chi connectivity index (χ0n) is 19.7. The van der Waals surface area contributed by atoms with Gasteiger partial charge in [0.2, 0.25) is 0 Å². The highest BCUT2D eigenvalue weighted by atomic mass is 16.4. The number of hydrogen-bond acceptors (Lipinski definition) is 5. The van der Waals surface area contributed by atoms with Crippen LogP contribution in [0.1, 0.15) is 56.2 Å². The summed E-state index contributed by atoms with van der Waals surface area (Å²) in [5.74, 6) is -0.428. The molecule has 0 unspecified atom stereocenters. The third-order valence-corrected chi connectivity index (χ3v) is 6.69. The molecule has 0 aliphatic carbocycles. The molecular formula is C27H27N5O3. The Hall–Kier alpha value is -4.20. The van der Waals surface area contributed by atoms with Crippen LogP contribution in [0.25, 0.3) is 5.65 Å². The summed E-state index contributed by atoms with van der Waals surface area (Å²) in [7, 11) is 0. The van der Waals surface area contributed by atoms with Crippen LogP contribution < -0.4 is 5.32 Å². The molecule has 0 radical (unpaired) electrons. The van der Waals surface area contributed by atoms with Crippen LogP contribution in [0.2, 0.25) is 0 Å². The minimum atomic E-state index is -1.12. The number of rotatable bonds is 5.